The van der Waals surface area contributed by atoms with Crippen molar-refractivity contribution in [1.82, 2.24) is 9.97 Å². The molecule has 0 unspecified atom stereocenters. The summed E-state index contributed by atoms with van der Waals surface area (Å²) in [5, 5.41) is 4.00. The monoisotopic (exact) mass is 388 g/mol. The molecule has 5 nitrogen and oxygen atoms in total. The normalized spacial score (nSPS) is 10.8. The molecule has 3 aromatic rings. The molecule has 0 radical (unpaired) electrons. The van der Waals surface area contributed by atoms with Gasteiger partial charge in [-0.1, -0.05) is 49.2 Å². The lowest BCUT2D eigenvalue weighted by molar-refractivity contribution is 0.464. The molecule has 134 valence electrons. The zero-order valence-corrected chi connectivity index (χ0v) is 15.8. The molecule has 0 aliphatic rings. The van der Waals surface area contributed by atoms with E-state index in [0.717, 1.165) is 0 Å². The second-order valence-electron chi connectivity index (χ2n) is 6.02. The lowest BCUT2D eigenvalue weighted by Crippen LogP contribution is -2.03. The Balaban J connectivity index is 1.81. The Morgan fingerprint density at radius 3 is 2.38 bits per heavy atom. The van der Waals surface area contributed by atoms with Gasteiger partial charge < -0.3 is 15.8 Å². The van der Waals surface area contributed by atoms with Crippen molar-refractivity contribution in [1.29, 1.82) is 0 Å². The van der Waals surface area contributed by atoms with Crippen LogP contribution in [0.25, 0.3) is 0 Å². The first kappa shape index (κ1) is 18.3. The van der Waals surface area contributed by atoms with E-state index in [1.54, 1.807) is 18.2 Å². The van der Waals surface area contributed by atoms with Crippen LogP contribution in [0.15, 0.2) is 48.8 Å². The molecular weight excluding hydrogens is 371 g/mol. The van der Waals surface area contributed by atoms with Crippen LogP contribution in [0.4, 0.5) is 17.2 Å². The third-order valence-electron chi connectivity index (χ3n) is 3.79. The summed E-state index contributed by atoms with van der Waals surface area (Å²) in [6, 6.07) is 13.0. The smallest absolute Gasteiger partial charge is 0.248 e. The molecule has 7 heteroatoms. The number of nitrogen functional groups attached to an aromatic ring is 1. The number of anilines is 3. The van der Waals surface area contributed by atoms with E-state index < -0.39 is 0 Å². The number of hydrogen-bond donors (Lipinski definition) is 2. The lowest BCUT2D eigenvalue weighted by Gasteiger charge is -2.13. The van der Waals surface area contributed by atoms with E-state index in [0.29, 0.717) is 38.9 Å². The fraction of sp³-hybridized carbons (Fsp3) is 0.158. The maximum atomic E-state index is 6.15. The number of hydrogen-bond acceptors (Lipinski definition) is 5. The van der Waals surface area contributed by atoms with Gasteiger partial charge in [0.1, 0.15) is 17.8 Å². The van der Waals surface area contributed by atoms with Crippen LogP contribution < -0.4 is 15.8 Å². The van der Waals surface area contributed by atoms with E-state index in [-0.39, 0.29) is 5.88 Å². The summed E-state index contributed by atoms with van der Waals surface area (Å²) >= 11 is 12.0. The zero-order valence-electron chi connectivity index (χ0n) is 14.3. The zero-order chi connectivity index (χ0) is 18.7. The first-order valence-electron chi connectivity index (χ1n) is 8.04. The maximum Gasteiger partial charge on any atom is 0.248 e. The number of ether oxygens (including phenoxy) is 1. The molecule has 0 amide bonds. The largest absolute Gasteiger partial charge is 0.437 e. The van der Waals surface area contributed by atoms with Crippen LogP contribution in [0.2, 0.25) is 10.0 Å². The molecule has 3 rings (SSSR count). The van der Waals surface area contributed by atoms with Crippen molar-refractivity contribution in [3.8, 4) is 11.6 Å². The number of halogens is 2. The van der Waals surface area contributed by atoms with Crippen molar-refractivity contribution in [3.05, 3.63) is 64.4 Å². The van der Waals surface area contributed by atoms with Gasteiger partial charge in [-0.3, -0.25) is 0 Å². The van der Waals surface area contributed by atoms with Gasteiger partial charge in [0.15, 0.2) is 5.82 Å². The highest BCUT2D eigenvalue weighted by Crippen LogP contribution is 2.33. The highest BCUT2D eigenvalue weighted by molar-refractivity contribution is 6.42. The Labute approximate surface area is 162 Å². The summed E-state index contributed by atoms with van der Waals surface area (Å²) in [5.41, 5.74) is 8.39. The van der Waals surface area contributed by atoms with Crippen molar-refractivity contribution >= 4 is 40.4 Å². The molecule has 0 saturated heterocycles. The Morgan fingerprint density at radius 2 is 1.73 bits per heavy atom. The number of nitrogens with two attached hydrogens (primary N) is 1. The Hall–Kier alpha value is -2.50. The highest BCUT2D eigenvalue weighted by atomic mass is 35.5. The predicted molar refractivity (Wildman–Crippen MR) is 107 cm³/mol. The summed E-state index contributed by atoms with van der Waals surface area (Å²) in [6.45, 7) is 4.28. The predicted octanol–water partition coefficient (Wildman–Crippen LogP) is 6.02. The van der Waals surface area contributed by atoms with Gasteiger partial charge in [0, 0.05) is 5.69 Å². The fourth-order valence-electron chi connectivity index (χ4n) is 2.30. The number of nitrogens with zero attached hydrogens (tertiary/aromatic N) is 2. The van der Waals surface area contributed by atoms with Crippen molar-refractivity contribution in [2.75, 3.05) is 11.1 Å². The summed E-state index contributed by atoms with van der Waals surface area (Å²) in [7, 11) is 0. The van der Waals surface area contributed by atoms with Gasteiger partial charge in [0.2, 0.25) is 5.88 Å². The lowest BCUT2D eigenvalue weighted by atomic mass is 10.0. The number of aromatic nitrogens is 2. The summed E-state index contributed by atoms with van der Waals surface area (Å²) < 4.78 is 5.80. The standard InChI is InChI=1S/C19H18Cl2N4O/c1-11(2)12-3-6-14(7-4-12)26-19-17(22)18(23-10-24-19)25-13-5-8-15(20)16(21)9-13/h3-11H,22H2,1-2H3,(H,23,24,25). The third kappa shape index (κ3) is 4.18. The average molecular weight is 389 g/mol. The van der Waals surface area contributed by atoms with Crippen molar-refractivity contribution in [2.45, 2.75) is 19.8 Å². The Kier molecular flexibility index (Phi) is 5.49. The minimum atomic E-state index is 0.278. The van der Waals surface area contributed by atoms with Gasteiger partial charge in [0.05, 0.1) is 10.0 Å². The van der Waals surface area contributed by atoms with Crippen LogP contribution in [0, 0.1) is 0 Å². The molecule has 0 atom stereocenters. The quantitative estimate of drug-likeness (QED) is 0.558. The minimum absolute atomic E-state index is 0.278. The van der Waals surface area contributed by atoms with Gasteiger partial charge in [-0.25, -0.2) is 4.98 Å². The molecular formula is C19H18Cl2N4O. The molecule has 3 N–H and O–H groups in total. The van der Waals surface area contributed by atoms with Crippen LogP contribution in [0.3, 0.4) is 0 Å². The van der Waals surface area contributed by atoms with E-state index in [2.05, 4.69) is 29.1 Å². The minimum Gasteiger partial charge on any atom is -0.437 e. The number of rotatable bonds is 5. The van der Waals surface area contributed by atoms with Gasteiger partial charge in [0.25, 0.3) is 0 Å². The second kappa shape index (κ2) is 7.81. The fourth-order valence-corrected chi connectivity index (χ4v) is 2.60. The van der Waals surface area contributed by atoms with Gasteiger partial charge in [-0.05, 0) is 41.8 Å². The number of benzene rings is 2. The summed E-state index contributed by atoms with van der Waals surface area (Å²) in [6.07, 6.45) is 1.38. The number of nitrogens with one attached hydrogen (secondary N) is 1. The first-order valence-corrected chi connectivity index (χ1v) is 8.80. The molecule has 1 heterocycles. The van der Waals surface area contributed by atoms with Gasteiger partial charge in [-0.2, -0.15) is 4.98 Å². The maximum absolute atomic E-state index is 6.15. The molecule has 0 bridgehead atoms. The molecule has 0 saturated carbocycles. The van der Waals surface area contributed by atoms with E-state index in [4.69, 9.17) is 33.7 Å². The van der Waals surface area contributed by atoms with E-state index in [9.17, 15) is 0 Å². The summed E-state index contributed by atoms with van der Waals surface area (Å²) in [4.78, 5) is 8.28. The molecule has 0 aliphatic heterocycles. The Morgan fingerprint density at radius 1 is 1.00 bits per heavy atom. The Bertz CT molecular complexity index is 914. The van der Waals surface area contributed by atoms with Crippen molar-refractivity contribution < 1.29 is 4.74 Å². The molecule has 1 aromatic heterocycles. The first-order chi connectivity index (χ1) is 12.4. The van der Waals surface area contributed by atoms with Crippen molar-refractivity contribution in [2.24, 2.45) is 0 Å². The molecule has 26 heavy (non-hydrogen) atoms. The van der Waals surface area contributed by atoms with E-state index >= 15 is 0 Å². The third-order valence-corrected chi connectivity index (χ3v) is 4.53. The molecule has 0 spiro atoms. The van der Waals surface area contributed by atoms with Gasteiger partial charge >= 0.3 is 0 Å². The van der Waals surface area contributed by atoms with Crippen LogP contribution in [0.1, 0.15) is 25.3 Å². The van der Waals surface area contributed by atoms with Crippen LogP contribution in [-0.4, -0.2) is 9.97 Å². The topological polar surface area (TPSA) is 73.1 Å². The summed E-state index contributed by atoms with van der Waals surface area (Å²) in [5.74, 6) is 1.81. The highest BCUT2D eigenvalue weighted by Gasteiger charge is 2.11. The second-order valence-corrected chi connectivity index (χ2v) is 6.84. The molecule has 2 aromatic carbocycles. The van der Waals surface area contributed by atoms with E-state index in [1.807, 2.05) is 24.3 Å². The SMILES string of the molecule is CC(C)c1ccc(Oc2ncnc(Nc3ccc(Cl)c(Cl)c3)c2N)cc1. The average Bonchev–Trinajstić information content (AvgIpc) is 2.62. The molecule has 0 aliphatic carbocycles. The van der Waals surface area contributed by atoms with Crippen molar-refractivity contribution in [3.63, 3.8) is 0 Å². The van der Waals surface area contributed by atoms with Gasteiger partial charge in [-0.15, -0.1) is 0 Å². The van der Waals surface area contributed by atoms with Crippen LogP contribution >= 0.6 is 23.2 Å². The van der Waals surface area contributed by atoms with E-state index in [1.165, 1.54) is 11.9 Å². The molecule has 0 fully saturated rings. The van der Waals surface area contributed by atoms with Crippen LogP contribution in [-0.2, 0) is 0 Å². The van der Waals surface area contributed by atoms with Crippen LogP contribution in [0.5, 0.6) is 11.6 Å².